The van der Waals surface area contributed by atoms with Crippen molar-refractivity contribution in [3.63, 3.8) is 0 Å². The van der Waals surface area contributed by atoms with Crippen LogP contribution in [0.25, 0.3) is 0 Å². The molecule has 0 aliphatic carbocycles. The topological polar surface area (TPSA) is 117 Å². The monoisotopic (exact) mass is 552 g/mol. The molecule has 1 aromatic heterocycles. The largest absolute Gasteiger partial charge is 0.490 e. The molecule has 0 radical (unpaired) electrons. The highest BCUT2D eigenvalue weighted by molar-refractivity contribution is 6.31. The van der Waals surface area contributed by atoms with E-state index in [1.807, 2.05) is 25.1 Å². The summed E-state index contributed by atoms with van der Waals surface area (Å²) in [5.41, 5.74) is 2.48. The zero-order chi connectivity index (χ0) is 27.6. The smallest absolute Gasteiger partial charge is 0.319 e. The summed E-state index contributed by atoms with van der Waals surface area (Å²) in [6.07, 6.45) is 1.51. The summed E-state index contributed by atoms with van der Waals surface area (Å²) in [5, 5.41) is 12.2. The number of amides is 3. The van der Waals surface area contributed by atoms with Crippen LogP contribution in [0.4, 0.5) is 10.5 Å². The number of hydrogen-bond donors (Lipinski definition) is 4. The molecular weight excluding hydrogens is 520 g/mol. The van der Waals surface area contributed by atoms with E-state index in [2.05, 4.69) is 31.2 Å². The fraction of sp³-hybridized carbons (Fsp3) is 0.321. The number of hydrogen-bond acceptors (Lipinski definition) is 7. The molecule has 0 unspecified atom stereocenters. The number of piperazine rings is 1. The molecule has 0 spiro atoms. The average molecular weight is 553 g/mol. The van der Waals surface area contributed by atoms with Crippen LogP contribution in [-0.2, 0) is 6.54 Å². The molecule has 1 aliphatic heterocycles. The van der Waals surface area contributed by atoms with Crippen LogP contribution in [0.5, 0.6) is 17.2 Å². The lowest BCUT2D eigenvalue weighted by Gasteiger charge is -2.27. The molecule has 4 rings (SSSR count). The van der Waals surface area contributed by atoms with Crippen LogP contribution in [0, 0.1) is 6.92 Å². The predicted octanol–water partition coefficient (Wildman–Crippen LogP) is 3.80. The maximum Gasteiger partial charge on any atom is 0.319 e. The van der Waals surface area contributed by atoms with E-state index in [4.69, 9.17) is 21.1 Å². The van der Waals surface area contributed by atoms with E-state index in [-0.39, 0.29) is 24.2 Å². The predicted molar refractivity (Wildman–Crippen MR) is 151 cm³/mol. The van der Waals surface area contributed by atoms with Gasteiger partial charge in [-0.1, -0.05) is 23.7 Å². The molecule has 1 fully saturated rings. The van der Waals surface area contributed by atoms with Gasteiger partial charge in [0.2, 0.25) is 0 Å². The zero-order valence-corrected chi connectivity index (χ0v) is 22.8. The van der Waals surface area contributed by atoms with Crippen molar-refractivity contribution in [2.75, 3.05) is 51.7 Å². The van der Waals surface area contributed by atoms with Crippen LogP contribution in [-0.4, -0.2) is 68.2 Å². The Balaban J connectivity index is 1.33. The first-order valence-electron chi connectivity index (χ1n) is 12.8. The van der Waals surface area contributed by atoms with E-state index in [0.29, 0.717) is 34.6 Å². The highest BCUT2D eigenvalue weighted by atomic mass is 35.5. The third-order valence-corrected chi connectivity index (χ3v) is 6.57. The lowest BCUT2D eigenvalue weighted by Crippen LogP contribution is -2.44. The second-order valence-electron chi connectivity index (χ2n) is 9.05. The van der Waals surface area contributed by atoms with Crippen molar-refractivity contribution in [3.8, 4) is 17.2 Å². The number of urea groups is 1. The van der Waals surface area contributed by atoms with E-state index in [1.54, 1.807) is 37.4 Å². The lowest BCUT2D eigenvalue weighted by molar-refractivity contribution is 0.0957. The van der Waals surface area contributed by atoms with Crippen LogP contribution < -0.4 is 30.7 Å². The number of rotatable bonds is 10. The minimum atomic E-state index is -0.376. The summed E-state index contributed by atoms with van der Waals surface area (Å²) in [4.78, 5) is 31.0. The first kappa shape index (κ1) is 28.2. The maximum absolute atomic E-state index is 12.8. The lowest BCUT2D eigenvalue weighted by atomic mass is 10.2. The number of carbonyl (C=O) groups is 2. The summed E-state index contributed by atoms with van der Waals surface area (Å²) in [7, 11) is 1.54. The first-order chi connectivity index (χ1) is 18.9. The number of pyridine rings is 1. The summed E-state index contributed by atoms with van der Waals surface area (Å²) in [6.45, 7) is 7.35. The Kier molecular flexibility index (Phi) is 9.96. The van der Waals surface area contributed by atoms with Gasteiger partial charge < -0.3 is 30.7 Å². The number of nitrogens with zero attached hydrogens (tertiary/aromatic N) is 2. The normalized spacial score (nSPS) is 13.4. The van der Waals surface area contributed by atoms with Crippen molar-refractivity contribution < 1.29 is 19.1 Å². The molecular formula is C28H33ClN6O4. The Morgan fingerprint density at radius 3 is 2.69 bits per heavy atom. The molecule has 0 atom stereocenters. The summed E-state index contributed by atoms with van der Waals surface area (Å²) in [5.74, 6) is 1.28. The van der Waals surface area contributed by atoms with Crippen LogP contribution in [0.15, 0.2) is 54.7 Å². The SMILES string of the molecule is CNC(=O)c1cc(Oc2cccc(CNC(=O)Nc3cc(C)c(Cl)cc3OCCN3CCNCC3)c2)ccn1. The zero-order valence-electron chi connectivity index (χ0n) is 22.1. The van der Waals surface area contributed by atoms with Gasteiger partial charge in [-0.3, -0.25) is 14.7 Å². The molecule has 0 bridgehead atoms. The molecule has 11 heteroatoms. The van der Waals surface area contributed by atoms with Gasteiger partial charge in [0.25, 0.3) is 5.91 Å². The number of aryl methyl sites for hydroxylation is 1. The number of carbonyl (C=O) groups excluding carboxylic acids is 2. The third kappa shape index (κ3) is 8.31. The standard InChI is InChI=1S/C28H33ClN6O4/c1-19-14-24(26(17-23(19)29)38-13-12-35-10-8-31-9-11-35)34-28(37)33-18-20-4-3-5-21(15-20)39-22-6-7-32-25(16-22)27(36)30-2/h3-7,14-17,31H,8-13,18H2,1-2H3,(H,30,36)(H2,33,34,37). The molecule has 2 aromatic carbocycles. The van der Waals surface area contributed by atoms with Gasteiger partial charge in [-0.2, -0.15) is 0 Å². The summed E-state index contributed by atoms with van der Waals surface area (Å²) >= 11 is 6.33. The minimum absolute atomic E-state index is 0.258. The van der Waals surface area contributed by atoms with Crippen molar-refractivity contribution >= 4 is 29.2 Å². The molecule has 1 saturated heterocycles. The Morgan fingerprint density at radius 2 is 1.90 bits per heavy atom. The fourth-order valence-corrected chi connectivity index (χ4v) is 4.18. The number of halogens is 1. The van der Waals surface area contributed by atoms with Crippen LogP contribution in [0.3, 0.4) is 0 Å². The number of ether oxygens (including phenoxy) is 2. The second kappa shape index (κ2) is 13.8. The quantitative estimate of drug-likeness (QED) is 0.302. The van der Waals surface area contributed by atoms with Crippen molar-refractivity contribution in [3.05, 3.63) is 76.6 Å². The van der Waals surface area contributed by atoms with Gasteiger partial charge in [-0.25, -0.2) is 4.79 Å². The minimum Gasteiger partial charge on any atom is -0.490 e. The Labute approximate surface area is 233 Å². The van der Waals surface area contributed by atoms with Crippen LogP contribution in [0.1, 0.15) is 21.6 Å². The first-order valence-corrected chi connectivity index (χ1v) is 13.1. The molecule has 3 aromatic rings. The molecule has 206 valence electrons. The molecule has 4 N–H and O–H groups in total. The Morgan fingerprint density at radius 1 is 1.10 bits per heavy atom. The highest BCUT2D eigenvalue weighted by Crippen LogP contribution is 2.31. The average Bonchev–Trinajstić information content (AvgIpc) is 2.95. The van der Waals surface area contributed by atoms with Gasteiger partial charge in [0.1, 0.15) is 29.5 Å². The number of nitrogens with one attached hydrogen (secondary N) is 4. The third-order valence-electron chi connectivity index (χ3n) is 6.16. The van der Waals surface area contributed by atoms with E-state index < -0.39 is 0 Å². The molecule has 0 saturated carbocycles. The number of benzene rings is 2. The Bertz CT molecular complexity index is 1300. The number of aromatic nitrogens is 1. The van der Waals surface area contributed by atoms with Gasteiger partial charge in [-0.15, -0.1) is 0 Å². The second-order valence-corrected chi connectivity index (χ2v) is 9.46. The molecule has 10 nitrogen and oxygen atoms in total. The van der Waals surface area contributed by atoms with Crippen LogP contribution >= 0.6 is 11.6 Å². The highest BCUT2D eigenvalue weighted by Gasteiger charge is 2.14. The van der Waals surface area contributed by atoms with Gasteiger partial charge in [0, 0.05) is 69.7 Å². The Hall–Kier alpha value is -3.86. The van der Waals surface area contributed by atoms with Gasteiger partial charge >= 0.3 is 6.03 Å². The van der Waals surface area contributed by atoms with Crippen molar-refractivity contribution in [2.45, 2.75) is 13.5 Å². The van der Waals surface area contributed by atoms with Crippen molar-refractivity contribution in [1.82, 2.24) is 25.8 Å². The summed E-state index contributed by atoms with van der Waals surface area (Å²) in [6, 6.07) is 13.7. The van der Waals surface area contributed by atoms with E-state index in [0.717, 1.165) is 43.9 Å². The van der Waals surface area contributed by atoms with E-state index in [9.17, 15) is 9.59 Å². The van der Waals surface area contributed by atoms with Gasteiger partial charge in [0.05, 0.1) is 5.69 Å². The fourth-order valence-electron chi connectivity index (χ4n) is 4.03. The molecule has 3 amide bonds. The van der Waals surface area contributed by atoms with Crippen molar-refractivity contribution in [1.29, 1.82) is 0 Å². The molecule has 1 aliphatic rings. The molecule has 39 heavy (non-hydrogen) atoms. The van der Waals surface area contributed by atoms with Crippen LogP contribution in [0.2, 0.25) is 5.02 Å². The van der Waals surface area contributed by atoms with E-state index >= 15 is 0 Å². The number of anilines is 1. The van der Waals surface area contributed by atoms with E-state index in [1.165, 1.54) is 6.20 Å². The maximum atomic E-state index is 12.8. The molecule has 2 heterocycles. The summed E-state index contributed by atoms with van der Waals surface area (Å²) < 4.78 is 11.9. The van der Waals surface area contributed by atoms with Gasteiger partial charge in [0.15, 0.2) is 0 Å². The van der Waals surface area contributed by atoms with Gasteiger partial charge in [-0.05, 0) is 42.3 Å². The van der Waals surface area contributed by atoms with Crippen molar-refractivity contribution in [2.24, 2.45) is 0 Å².